The summed E-state index contributed by atoms with van der Waals surface area (Å²) in [6.07, 6.45) is 5.16. The van der Waals surface area contributed by atoms with E-state index < -0.39 is 6.03 Å². The summed E-state index contributed by atoms with van der Waals surface area (Å²) in [5.74, 6) is -0.602. The molecule has 7 nitrogen and oxygen atoms in total. The van der Waals surface area contributed by atoms with Crippen LogP contribution in [0.25, 0.3) is 0 Å². The summed E-state index contributed by atoms with van der Waals surface area (Å²) >= 11 is 0. The Balaban J connectivity index is 2.13. The third kappa shape index (κ3) is 7.65. The van der Waals surface area contributed by atoms with Crippen LogP contribution < -0.4 is 10.6 Å². The van der Waals surface area contributed by atoms with Crippen molar-refractivity contribution in [2.24, 2.45) is 0 Å². The summed E-state index contributed by atoms with van der Waals surface area (Å²) < 4.78 is 4.54. The molecule has 0 aliphatic heterocycles. The number of nitrogens with zero attached hydrogens (tertiary/aromatic N) is 1. The van der Waals surface area contributed by atoms with Crippen molar-refractivity contribution in [3.63, 3.8) is 0 Å². The molecular weight excluding hydrogens is 274 g/mol. The van der Waals surface area contributed by atoms with E-state index in [-0.39, 0.29) is 24.5 Å². The number of esters is 1. The van der Waals surface area contributed by atoms with Crippen LogP contribution in [0, 0.1) is 0 Å². The number of carbonyl (C=O) groups is 3. The molecule has 7 heteroatoms. The largest absolute Gasteiger partial charge is 0.469 e. The van der Waals surface area contributed by atoms with Gasteiger partial charge in [-0.3, -0.25) is 19.8 Å². The van der Waals surface area contributed by atoms with E-state index in [1.165, 1.54) is 7.11 Å². The van der Waals surface area contributed by atoms with Crippen molar-refractivity contribution in [2.45, 2.75) is 44.6 Å². The fourth-order valence-corrected chi connectivity index (χ4v) is 2.38. The van der Waals surface area contributed by atoms with Gasteiger partial charge in [0.15, 0.2) is 0 Å². The Bertz CT molecular complexity index is 367. The van der Waals surface area contributed by atoms with Crippen LogP contribution >= 0.6 is 0 Å². The van der Waals surface area contributed by atoms with Crippen LogP contribution in [-0.2, 0) is 14.3 Å². The molecule has 0 atom stereocenters. The number of imide groups is 1. The molecule has 0 radical (unpaired) electrons. The van der Waals surface area contributed by atoms with Crippen molar-refractivity contribution in [3.8, 4) is 0 Å². The average Bonchev–Trinajstić information content (AvgIpc) is 2.90. The van der Waals surface area contributed by atoms with Crippen LogP contribution in [0.4, 0.5) is 4.79 Å². The maximum absolute atomic E-state index is 11.7. The molecule has 0 heterocycles. The number of hydrogen-bond acceptors (Lipinski definition) is 5. The van der Waals surface area contributed by atoms with Crippen LogP contribution in [-0.4, -0.2) is 56.1 Å². The number of nitrogens with one attached hydrogen (secondary N) is 2. The Hall–Kier alpha value is -1.63. The lowest BCUT2D eigenvalue weighted by molar-refractivity contribution is -0.140. The van der Waals surface area contributed by atoms with E-state index in [0.717, 1.165) is 25.7 Å². The first-order valence-corrected chi connectivity index (χ1v) is 7.37. The van der Waals surface area contributed by atoms with E-state index in [1.54, 1.807) is 11.9 Å². The van der Waals surface area contributed by atoms with Crippen molar-refractivity contribution in [2.75, 3.05) is 27.2 Å². The Kier molecular flexibility index (Phi) is 7.74. The highest BCUT2D eigenvalue weighted by Gasteiger charge is 2.18. The summed E-state index contributed by atoms with van der Waals surface area (Å²) in [6, 6.07) is -0.231. The minimum atomic E-state index is -0.421. The van der Waals surface area contributed by atoms with Gasteiger partial charge in [-0.2, -0.15) is 0 Å². The van der Waals surface area contributed by atoms with Gasteiger partial charge in [-0.25, -0.2) is 4.79 Å². The van der Waals surface area contributed by atoms with Crippen LogP contribution in [0.2, 0.25) is 0 Å². The van der Waals surface area contributed by atoms with Crippen LogP contribution in [0.5, 0.6) is 0 Å². The van der Waals surface area contributed by atoms with E-state index in [9.17, 15) is 14.4 Å². The standard InChI is InChI=1S/C14H25N3O4/c1-17(9-5-8-13(19)21-2)10-12(18)16-14(20)15-11-6-3-4-7-11/h11H,3-10H2,1-2H3,(H2,15,16,18,20). The third-order valence-electron chi connectivity index (χ3n) is 3.51. The highest BCUT2D eigenvalue weighted by Crippen LogP contribution is 2.17. The minimum Gasteiger partial charge on any atom is -0.469 e. The normalized spacial score (nSPS) is 15.0. The van der Waals surface area contributed by atoms with E-state index in [0.29, 0.717) is 19.4 Å². The van der Waals surface area contributed by atoms with Crippen molar-refractivity contribution in [3.05, 3.63) is 0 Å². The molecule has 0 saturated heterocycles. The fraction of sp³-hybridized carbons (Fsp3) is 0.786. The minimum absolute atomic E-state index is 0.124. The molecule has 120 valence electrons. The molecular formula is C14H25N3O4. The van der Waals surface area contributed by atoms with E-state index in [4.69, 9.17) is 0 Å². The zero-order valence-electron chi connectivity index (χ0n) is 12.8. The van der Waals surface area contributed by atoms with Crippen molar-refractivity contribution in [1.82, 2.24) is 15.5 Å². The molecule has 0 aromatic heterocycles. The third-order valence-corrected chi connectivity index (χ3v) is 3.51. The number of methoxy groups -OCH3 is 1. The molecule has 1 fully saturated rings. The first-order valence-electron chi connectivity index (χ1n) is 7.37. The summed E-state index contributed by atoms with van der Waals surface area (Å²) in [5, 5.41) is 5.12. The first kappa shape index (κ1) is 17.4. The quantitative estimate of drug-likeness (QED) is 0.674. The first-order chi connectivity index (χ1) is 10.0. The summed E-state index contributed by atoms with van der Waals surface area (Å²) in [4.78, 5) is 36.0. The molecule has 1 aliphatic rings. The Morgan fingerprint density at radius 1 is 1.24 bits per heavy atom. The Morgan fingerprint density at radius 3 is 2.52 bits per heavy atom. The lowest BCUT2D eigenvalue weighted by atomic mass is 10.2. The van der Waals surface area contributed by atoms with Gasteiger partial charge in [-0.05, 0) is 32.9 Å². The molecule has 1 aliphatic carbocycles. The molecule has 0 aromatic carbocycles. The summed E-state index contributed by atoms with van der Waals surface area (Å²) in [6.45, 7) is 0.714. The molecule has 0 aromatic rings. The molecule has 1 rings (SSSR count). The van der Waals surface area contributed by atoms with Gasteiger partial charge < -0.3 is 10.1 Å². The highest BCUT2D eigenvalue weighted by atomic mass is 16.5. The predicted molar refractivity (Wildman–Crippen MR) is 77.7 cm³/mol. The topological polar surface area (TPSA) is 87.7 Å². The predicted octanol–water partition coefficient (Wildman–Crippen LogP) is 0.640. The van der Waals surface area contributed by atoms with E-state index in [2.05, 4.69) is 15.4 Å². The van der Waals surface area contributed by atoms with Gasteiger partial charge in [0.25, 0.3) is 0 Å². The SMILES string of the molecule is COC(=O)CCCN(C)CC(=O)NC(=O)NC1CCCC1. The number of likely N-dealkylation sites (N-methyl/N-ethyl adjacent to an activating group) is 1. The van der Waals surface area contributed by atoms with Crippen LogP contribution in [0.3, 0.4) is 0 Å². The number of amides is 3. The van der Waals surface area contributed by atoms with E-state index in [1.807, 2.05) is 0 Å². The van der Waals surface area contributed by atoms with Gasteiger partial charge in [-0.1, -0.05) is 12.8 Å². The number of carbonyl (C=O) groups excluding carboxylic acids is 3. The highest BCUT2D eigenvalue weighted by molar-refractivity contribution is 5.95. The second-order valence-electron chi connectivity index (χ2n) is 5.42. The maximum Gasteiger partial charge on any atom is 0.321 e. The smallest absolute Gasteiger partial charge is 0.321 e. The second-order valence-corrected chi connectivity index (χ2v) is 5.42. The zero-order chi connectivity index (χ0) is 15.7. The molecule has 2 N–H and O–H groups in total. The van der Waals surface area contributed by atoms with Crippen molar-refractivity contribution < 1.29 is 19.1 Å². The van der Waals surface area contributed by atoms with Crippen molar-refractivity contribution in [1.29, 1.82) is 0 Å². The lowest BCUT2D eigenvalue weighted by Crippen LogP contribution is -2.46. The van der Waals surface area contributed by atoms with Crippen LogP contribution in [0.1, 0.15) is 38.5 Å². The molecule has 0 bridgehead atoms. The van der Waals surface area contributed by atoms with Gasteiger partial charge in [-0.15, -0.1) is 0 Å². The van der Waals surface area contributed by atoms with Crippen molar-refractivity contribution >= 4 is 17.9 Å². The number of rotatable bonds is 7. The summed E-state index contributed by atoms with van der Waals surface area (Å²) in [5.41, 5.74) is 0. The lowest BCUT2D eigenvalue weighted by Gasteiger charge is -2.16. The van der Waals surface area contributed by atoms with Gasteiger partial charge in [0.05, 0.1) is 13.7 Å². The monoisotopic (exact) mass is 299 g/mol. The van der Waals surface area contributed by atoms with Crippen LogP contribution in [0.15, 0.2) is 0 Å². The fourth-order valence-electron chi connectivity index (χ4n) is 2.38. The molecule has 0 unspecified atom stereocenters. The molecule has 3 amide bonds. The molecule has 0 spiro atoms. The van der Waals surface area contributed by atoms with Gasteiger partial charge in [0.2, 0.25) is 5.91 Å². The van der Waals surface area contributed by atoms with Gasteiger partial charge in [0, 0.05) is 12.5 Å². The van der Waals surface area contributed by atoms with Gasteiger partial charge >= 0.3 is 12.0 Å². The maximum atomic E-state index is 11.7. The second kappa shape index (κ2) is 9.33. The Morgan fingerprint density at radius 2 is 1.90 bits per heavy atom. The number of hydrogen-bond donors (Lipinski definition) is 2. The molecule has 1 saturated carbocycles. The zero-order valence-corrected chi connectivity index (χ0v) is 12.8. The average molecular weight is 299 g/mol. The number of urea groups is 1. The van der Waals surface area contributed by atoms with E-state index >= 15 is 0 Å². The van der Waals surface area contributed by atoms with Gasteiger partial charge in [0.1, 0.15) is 0 Å². The molecule has 21 heavy (non-hydrogen) atoms. The summed E-state index contributed by atoms with van der Waals surface area (Å²) in [7, 11) is 3.12. The Labute approximate surface area is 125 Å². The number of ether oxygens (including phenoxy) is 1.